The van der Waals surface area contributed by atoms with Crippen molar-refractivity contribution in [3.05, 3.63) is 81.4 Å². The molecule has 1 N–H and O–H groups in total. The molecule has 0 spiro atoms. The molecule has 2 aliphatic rings. The second-order valence-corrected chi connectivity index (χ2v) is 7.59. The highest BCUT2D eigenvalue weighted by atomic mass is 32.2. The number of hydrogen-bond acceptors (Lipinski definition) is 8. The van der Waals surface area contributed by atoms with Crippen LogP contribution >= 0.6 is 11.8 Å². The van der Waals surface area contributed by atoms with Crippen molar-refractivity contribution in [3.63, 3.8) is 0 Å². The first-order chi connectivity index (χ1) is 15.0. The van der Waals surface area contributed by atoms with Gasteiger partial charge in [0.1, 0.15) is 11.4 Å². The molecule has 0 saturated carbocycles. The predicted octanol–water partition coefficient (Wildman–Crippen LogP) is 2.06. The number of para-hydroxylation sites is 1. The molecule has 0 bridgehead atoms. The van der Waals surface area contributed by atoms with Crippen LogP contribution in [0.1, 0.15) is 18.7 Å². The summed E-state index contributed by atoms with van der Waals surface area (Å²) in [5.74, 6) is 0.682. The summed E-state index contributed by atoms with van der Waals surface area (Å²) in [5.41, 5.74) is 0.683. The summed E-state index contributed by atoms with van der Waals surface area (Å²) < 4.78 is 5.73. The van der Waals surface area contributed by atoms with E-state index >= 15 is 0 Å². The molecule has 2 aromatic rings. The molecule has 0 saturated heterocycles. The van der Waals surface area contributed by atoms with Crippen molar-refractivity contribution < 1.29 is 14.5 Å². The van der Waals surface area contributed by atoms with Crippen molar-refractivity contribution in [2.75, 3.05) is 12.4 Å². The summed E-state index contributed by atoms with van der Waals surface area (Å²) in [6.07, 6.45) is 0.899. The Labute approximate surface area is 182 Å². The summed E-state index contributed by atoms with van der Waals surface area (Å²) in [6.45, 7) is 5.89. The fraction of sp³-hybridized carbons (Fsp3) is 0.190. The van der Waals surface area contributed by atoms with Gasteiger partial charge >= 0.3 is 0 Å². The predicted molar refractivity (Wildman–Crippen MR) is 118 cm³/mol. The Morgan fingerprint density at radius 2 is 2.16 bits per heavy atom. The minimum absolute atomic E-state index is 0.0965. The molecule has 10 heteroatoms. The van der Waals surface area contributed by atoms with E-state index in [0.717, 1.165) is 0 Å². The number of amides is 1. The minimum atomic E-state index is -0.809. The number of carbonyl (C=O) groups excluding carboxylic acids is 1. The smallest absolute Gasteiger partial charge is 0.276 e. The van der Waals surface area contributed by atoms with Gasteiger partial charge in [0.2, 0.25) is 0 Å². The van der Waals surface area contributed by atoms with Crippen LogP contribution in [0.3, 0.4) is 0 Å². The van der Waals surface area contributed by atoms with Crippen molar-refractivity contribution in [2.24, 2.45) is 10.1 Å². The largest absolute Gasteiger partial charge is 0.493 e. The third-order valence-corrected chi connectivity index (χ3v) is 5.50. The normalized spacial score (nSPS) is 17.0. The fourth-order valence-electron chi connectivity index (χ4n) is 3.37. The molecule has 2 aliphatic heterocycles. The Kier molecular flexibility index (Phi) is 5.72. The molecule has 158 valence electrons. The second-order valence-electron chi connectivity index (χ2n) is 6.58. The van der Waals surface area contributed by atoms with E-state index in [0.29, 0.717) is 45.1 Å². The summed E-state index contributed by atoms with van der Waals surface area (Å²) >= 11 is 1.32. The van der Waals surface area contributed by atoms with Gasteiger partial charge in [0.15, 0.2) is 11.3 Å². The standard InChI is InChI=1S/C21H19N5O4S/c1-3-11-31-21-23-20(27)18-14-7-5-6-8-16(14)22-19(25(18)24-21)15-12-13(26(28)29)9-10-17(15)30-4-2/h3,5-10,12,19H,1,4,11H2,2H3,(H,23,24,27)/t19-/m0/s1. The Morgan fingerprint density at radius 1 is 1.35 bits per heavy atom. The quantitative estimate of drug-likeness (QED) is 0.421. The lowest BCUT2D eigenvalue weighted by Crippen LogP contribution is -2.50. The number of non-ortho nitro benzene ring substituents is 1. The Bertz CT molecular complexity index is 1230. The monoisotopic (exact) mass is 437 g/mol. The summed E-state index contributed by atoms with van der Waals surface area (Å²) in [4.78, 5) is 28.8. The maximum absolute atomic E-state index is 13.0. The van der Waals surface area contributed by atoms with Crippen molar-refractivity contribution in [3.8, 4) is 5.75 Å². The van der Waals surface area contributed by atoms with E-state index in [1.807, 2.05) is 19.1 Å². The van der Waals surface area contributed by atoms with E-state index in [1.165, 1.54) is 28.9 Å². The molecule has 2 aromatic carbocycles. The Hall–Kier alpha value is -3.66. The zero-order chi connectivity index (χ0) is 22.0. The summed E-state index contributed by atoms with van der Waals surface area (Å²) in [6, 6.07) is 11.6. The number of thioether (sulfide) groups is 1. The highest BCUT2D eigenvalue weighted by molar-refractivity contribution is 8.14. The van der Waals surface area contributed by atoms with Gasteiger partial charge in [-0.2, -0.15) is 0 Å². The first-order valence-corrected chi connectivity index (χ1v) is 10.5. The van der Waals surface area contributed by atoms with Gasteiger partial charge in [-0.1, -0.05) is 36.0 Å². The fourth-order valence-corrected chi connectivity index (χ4v) is 3.96. The Morgan fingerprint density at radius 3 is 2.90 bits per heavy atom. The van der Waals surface area contributed by atoms with Gasteiger partial charge in [0.05, 0.1) is 16.9 Å². The molecule has 31 heavy (non-hydrogen) atoms. The molecule has 0 aromatic heterocycles. The number of nitro benzene ring substituents is 1. The van der Waals surface area contributed by atoms with Crippen LogP contribution in [0.25, 0.3) is 5.70 Å². The van der Waals surface area contributed by atoms with Gasteiger partial charge in [-0.3, -0.25) is 25.2 Å². The van der Waals surface area contributed by atoms with Gasteiger partial charge in [-0.25, -0.2) is 5.01 Å². The first kappa shape index (κ1) is 20.6. The SMILES string of the molecule is C=CCSC1=NN2C(=c3ccccc3=N[C@@H]2c2cc([N+](=O)[O-])ccc2OCC)C(=O)N1. The van der Waals surface area contributed by atoms with Crippen LogP contribution in [0.4, 0.5) is 5.69 Å². The lowest BCUT2D eigenvalue weighted by molar-refractivity contribution is -0.385. The lowest BCUT2D eigenvalue weighted by Gasteiger charge is -2.34. The van der Waals surface area contributed by atoms with Crippen LogP contribution < -0.4 is 20.6 Å². The lowest BCUT2D eigenvalue weighted by atomic mass is 10.1. The number of benzene rings is 2. The number of amidine groups is 1. The summed E-state index contributed by atoms with van der Waals surface area (Å²) in [5, 5.41) is 22.0. The molecule has 0 unspecified atom stereocenters. The molecule has 0 radical (unpaired) electrons. The third kappa shape index (κ3) is 3.89. The topological polar surface area (TPSA) is 109 Å². The molecule has 1 amide bonds. The van der Waals surface area contributed by atoms with Crippen LogP contribution in [-0.2, 0) is 4.79 Å². The van der Waals surface area contributed by atoms with E-state index in [-0.39, 0.29) is 11.6 Å². The highest BCUT2D eigenvalue weighted by Crippen LogP contribution is 2.37. The van der Waals surface area contributed by atoms with E-state index in [4.69, 9.17) is 9.73 Å². The van der Waals surface area contributed by atoms with Crippen LogP contribution in [-0.4, -0.2) is 33.4 Å². The molecule has 0 aliphatic carbocycles. The van der Waals surface area contributed by atoms with Crippen LogP contribution in [0.5, 0.6) is 5.75 Å². The maximum atomic E-state index is 13.0. The van der Waals surface area contributed by atoms with Crippen molar-refractivity contribution in [1.29, 1.82) is 0 Å². The Balaban J connectivity index is 1.95. The number of nitrogens with one attached hydrogen (secondary N) is 1. The van der Waals surface area contributed by atoms with E-state index < -0.39 is 11.1 Å². The number of hydrazone groups is 1. The first-order valence-electron chi connectivity index (χ1n) is 9.54. The molecule has 0 fully saturated rings. The zero-order valence-corrected chi connectivity index (χ0v) is 17.5. The number of carbonyl (C=O) groups is 1. The number of nitrogens with zero attached hydrogens (tertiary/aromatic N) is 4. The van der Waals surface area contributed by atoms with Gasteiger partial charge in [0, 0.05) is 28.7 Å². The molecule has 9 nitrogen and oxygen atoms in total. The average molecular weight is 437 g/mol. The number of rotatable bonds is 6. The van der Waals surface area contributed by atoms with Gasteiger partial charge < -0.3 is 4.74 Å². The van der Waals surface area contributed by atoms with Gasteiger partial charge in [-0.15, -0.1) is 11.7 Å². The van der Waals surface area contributed by atoms with Crippen LogP contribution in [0.15, 0.2) is 65.2 Å². The number of ether oxygens (including phenoxy) is 1. The van der Waals surface area contributed by atoms with E-state index in [1.54, 1.807) is 24.3 Å². The van der Waals surface area contributed by atoms with Crippen LogP contribution in [0.2, 0.25) is 0 Å². The van der Waals surface area contributed by atoms with E-state index in [9.17, 15) is 14.9 Å². The number of hydrogen-bond donors (Lipinski definition) is 1. The van der Waals surface area contributed by atoms with Crippen molar-refractivity contribution in [1.82, 2.24) is 10.3 Å². The summed E-state index contributed by atoms with van der Waals surface area (Å²) in [7, 11) is 0. The second kappa shape index (κ2) is 8.60. The number of nitro groups is 1. The molecular formula is C21H19N5O4S. The molecule has 1 atom stereocenters. The van der Waals surface area contributed by atoms with Crippen molar-refractivity contribution >= 4 is 34.2 Å². The maximum Gasteiger partial charge on any atom is 0.276 e. The molecular weight excluding hydrogens is 418 g/mol. The molecule has 2 heterocycles. The third-order valence-electron chi connectivity index (χ3n) is 4.64. The highest BCUT2D eigenvalue weighted by Gasteiger charge is 2.36. The molecule has 4 rings (SSSR count). The minimum Gasteiger partial charge on any atom is -0.493 e. The van der Waals surface area contributed by atoms with Gasteiger partial charge in [0.25, 0.3) is 11.6 Å². The van der Waals surface area contributed by atoms with Gasteiger partial charge in [-0.05, 0) is 19.1 Å². The average Bonchev–Trinajstić information content (AvgIpc) is 2.77. The van der Waals surface area contributed by atoms with E-state index in [2.05, 4.69) is 17.0 Å². The van der Waals surface area contributed by atoms with Crippen LogP contribution in [0, 0.1) is 10.1 Å². The zero-order valence-electron chi connectivity index (χ0n) is 16.6. The number of fused-ring (bicyclic) bond motifs is 2. The van der Waals surface area contributed by atoms with Crippen molar-refractivity contribution in [2.45, 2.75) is 13.1 Å².